The third-order valence-electron chi connectivity index (χ3n) is 2.46. The van der Waals surface area contributed by atoms with E-state index in [2.05, 4.69) is 10.4 Å². The van der Waals surface area contributed by atoms with E-state index in [0.29, 0.717) is 13.0 Å². The Hall–Kier alpha value is -1.62. The molecular weight excluding hydrogens is 192 g/mol. The second-order valence-corrected chi connectivity index (χ2v) is 3.69. The van der Waals surface area contributed by atoms with Gasteiger partial charge in [0.2, 0.25) is 5.91 Å². The second-order valence-electron chi connectivity index (χ2n) is 3.69. The molecule has 1 unspecified atom stereocenters. The lowest BCUT2D eigenvalue weighted by molar-refractivity contribution is -0.119. The van der Waals surface area contributed by atoms with E-state index >= 15 is 0 Å². The molecule has 0 radical (unpaired) electrons. The molecule has 1 aliphatic heterocycles. The molecular formula is C10H14N4O. The number of pyridine rings is 1. The summed E-state index contributed by atoms with van der Waals surface area (Å²) in [6, 6.07) is 3.93. The SMILES string of the molecule is CC1CC(=O)NN1c1ccc(CN)cn1. The summed E-state index contributed by atoms with van der Waals surface area (Å²) < 4.78 is 0. The maximum atomic E-state index is 11.2. The van der Waals surface area contributed by atoms with Crippen LogP contribution in [0.3, 0.4) is 0 Å². The van der Waals surface area contributed by atoms with E-state index < -0.39 is 0 Å². The van der Waals surface area contributed by atoms with Crippen molar-refractivity contribution in [2.24, 2.45) is 5.73 Å². The van der Waals surface area contributed by atoms with Crippen LogP contribution in [-0.4, -0.2) is 16.9 Å². The Bertz CT molecular complexity index is 362. The summed E-state index contributed by atoms with van der Waals surface area (Å²) in [4.78, 5) is 15.4. The summed E-state index contributed by atoms with van der Waals surface area (Å²) >= 11 is 0. The summed E-state index contributed by atoms with van der Waals surface area (Å²) in [7, 11) is 0. The average Bonchev–Trinajstić information content (AvgIpc) is 2.58. The van der Waals surface area contributed by atoms with Crippen LogP contribution in [0.5, 0.6) is 0 Å². The van der Waals surface area contributed by atoms with Crippen molar-refractivity contribution in [1.82, 2.24) is 10.4 Å². The maximum absolute atomic E-state index is 11.2. The van der Waals surface area contributed by atoms with Gasteiger partial charge in [-0.3, -0.25) is 15.2 Å². The van der Waals surface area contributed by atoms with Gasteiger partial charge in [-0.15, -0.1) is 0 Å². The number of carbonyl (C=O) groups is 1. The molecule has 1 aromatic rings. The molecule has 0 saturated carbocycles. The highest BCUT2D eigenvalue weighted by Crippen LogP contribution is 2.18. The molecule has 2 heterocycles. The van der Waals surface area contributed by atoms with Crippen LogP contribution in [-0.2, 0) is 11.3 Å². The lowest BCUT2D eigenvalue weighted by Gasteiger charge is -2.21. The first-order chi connectivity index (χ1) is 7.20. The summed E-state index contributed by atoms with van der Waals surface area (Å²) in [6.07, 6.45) is 2.24. The highest BCUT2D eigenvalue weighted by atomic mass is 16.2. The fourth-order valence-corrected chi connectivity index (χ4v) is 1.61. The van der Waals surface area contributed by atoms with Crippen molar-refractivity contribution in [3.8, 4) is 0 Å². The van der Waals surface area contributed by atoms with E-state index in [1.54, 1.807) is 11.2 Å². The Morgan fingerprint density at radius 2 is 2.47 bits per heavy atom. The fraction of sp³-hybridized carbons (Fsp3) is 0.400. The molecule has 0 spiro atoms. The van der Waals surface area contributed by atoms with Crippen molar-refractivity contribution in [1.29, 1.82) is 0 Å². The van der Waals surface area contributed by atoms with Crippen molar-refractivity contribution in [3.63, 3.8) is 0 Å². The first-order valence-corrected chi connectivity index (χ1v) is 4.94. The molecule has 0 aliphatic carbocycles. The number of nitrogens with zero attached hydrogens (tertiary/aromatic N) is 2. The van der Waals surface area contributed by atoms with Gasteiger partial charge in [0.25, 0.3) is 0 Å². The van der Waals surface area contributed by atoms with Gasteiger partial charge in [-0.2, -0.15) is 0 Å². The highest BCUT2D eigenvalue weighted by molar-refractivity contribution is 5.82. The fourth-order valence-electron chi connectivity index (χ4n) is 1.61. The van der Waals surface area contributed by atoms with Gasteiger partial charge in [0, 0.05) is 12.7 Å². The Morgan fingerprint density at radius 1 is 1.67 bits per heavy atom. The van der Waals surface area contributed by atoms with E-state index in [-0.39, 0.29) is 11.9 Å². The topological polar surface area (TPSA) is 71.2 Å². The van der Waals surface area contributed by atoms with Crippen molar-refractivity contribution in [2.45, 2.75) is 25.9 Å². The van der Waals surface area contributed by atoms with Crippen LogP contribution in [0.2, 0.25) is 0 Å². The molecule has 1 aromatic heterocycles. The number of hydrogen-bond donors (Lipinski definition) is 2. The van der Waals surface area contributed by atoms with Crippen molar-refractivity contribution in [2.75, 3.05) is 5.01 Å². The van der Waals surface area contributed by atoms with Gasteiger partial charge >= 0.3 is 0 Å². The maximum Gasteiger partial charge on any atom is 0.240 e. The zero-order chi connectivity index (χ0) is 10.8. The molecule has 5 heteroatoms. The van der Waals surface area contributed by atoms with Gasteiger partial charge in [0.1, 0.15) is 5.82 Å². The summed E-state index contributed by atoms with van der Waals surface area (Å²) in [5.74, 6) is 0.790. The number of amides is 1. The minimum absolute atomic E-state index is 0.0344. The van der Waals surface area contributed by atoms with Crippen molar-refractivity contribution >= 4 is 11.7 Å². The van der Waals surface area contributed by atoms with E-state index in [4.69, 9.17) is 5.73 Å². The lowest BCUT2D eigenvalue weighted by atomic mass is 10.2. The Morgan fingerprint density at radius 3 is 2.93 bits per heavy atom. The van der Waals surface area contributed by atoms with Crippen LogP contribution >= 0.6 is 0 Å². The normalized spacial score (nSPS) is 20.5. The molecule has 80 valence electrons. The highest BCUT2D eigenvalue weighted by Gasteiger charge is 2.27. The second kappa shape index (κ2) is 3.86. The molecule has 1 atom stereocenters. The molecule has 15 heavy (non-hydrogen) atoms. The monoisotopic (exact) mass is 206 g/mol. The smallest absolute Gasteiger partial charge is 0.240 e. The molecule has 0 aromatic carbocycles. The number of hydrogen-bond acceptors (Lipinski definition) is 4. The van der Waals surface area contributed by atoms with E-state index in [9.17, 15) is 4.79 Å². The zero-order valence-electron chi connectivity index (χ0n) is 8.60. The van der Waals surface area contributed by atoms with Gasteiger partial charge in [-0.1, -0.05) is 6.07 Å². The number of hydrazine groups is 1. The Kier molecular flexibility index (Phi) is 2.55. The number of nitrogens with one attached hydrogen (secondary N) is 1. The van der Waals surface area contributed by atoms with Crippen LogP contribution in [0.1, 0.15) is 18.9 Å². The number of aromatic nitrogens is 1. The Balaban J connectivity index is 2.19. The van der Waals surface area contributed by atoms with E-state index in [0.717, 1.165) is 11.4 Å². The molecule has 1 amide bonds. The minimum Gasteiger partial charge on any atom is -0.326 e. The number of carbonyl (C=O) groups excluding carboxylic acids is 1. The molecule has 0 bridgehead atoms. The van der Waals surface area contributed by atoms with Crippen LogP contribution in [0, 0.1) is 0 Å². The summed E-state index contributed by atoms with van der Waals surface area (Å²) in [5.41, 5.74) is 9.22. The van der Waals surface area contributed by atoms with Crippen molar-refractivity contribution < 1.29 is 4.79 Å². The van der Waals surface area contributed by atoms with Gasteiger partial charge in [0.15, 0.2) is 0 Å². The first kappa shape index (κ1) is 9.92. The molecule has 3 N–H and O–H groups in total. The lowest BCUT2D eigenvalue weighted by Crippen LogP contribution is -2.37. The largest absolute Gasteiger partial charge is 0.326 e. The third-order valence-corrected chi connectivity index (χ3v) is 2.46. The van der Waals surface area contributed by atoms with Crippen LogP contribution in [0.15, 0.2) is 18.3 Å². The molecule has 1 saturated heterocycles. The van der Waals surface area contributed by atoms with Gasteiger partial charge in [-0.25, -0.2) is 4.98 Å². The van der Waals surface area contributed by atoms with Gasteiger partial charge < -0.3 is 5.73 Å². The van der Waals surface area contributed by atoms with E-state index in [1.165, 1.54) is 0 Å². The minimum atomic E-state index is 0.0344. The standard InChI is InChI=1S/C10H14N4O/c1-7-4-10(15)13-14(7)9-3-2-8(5-11)6-12-9/h2-3,6-7H,4-5,11H2,1H3,(H,13,15). The number of anilines is 1. The summed E-state index contributed by atoms with van der Waals surface area (Å²) in [5, 5.41) is 1.78. The quantitative estimate of drug-likeness (QED) is 0.723. The molecule has 1 aliphatic rings. The number of nitrogens with two attached hydrogens (primary N) is 1. The first-order valence-electron chi connectivity index (χ1n) is 4.94. The van der Waals surface area contributed by atoms with Gasteiger partial charge in [-0.05, 0) is 18.6 Å². The molecule has 1 fully saturated rings. The average molecular weight is 206 g/mol. The van der Waals surface area contributed by atoms with Gasteiger partial charge in [0.05, 0.1) is 12.5 Å². The van der Waals surface area contributed by atoms with E-state index in [1.807, 2.05) is 19.1 Å². The van der Waals surface area contributed by atoms with Crippen LogP contribution in [0.4, 0.5) is 5.82 Å². The molecule has 2 rings (SSSR count). The van der Waals surface area contributed by atoms with Crippen LogP contribution < -0.4 is 16.2 Å². The zero-order valence-corrected chi connectivity index (χ0v) is 8.60. The predicted molar refractivity (Wildman–Crippen MR) is 56.8 cm³/mol. The van der Waals surface area contributed by atoms with Crippen molar-refractivity contribution in [3.05, 3.63) is 23.9 Å². The van der Waals surface area contributed by atoms with Crippen LogP contribution in [0.25, 0.3) is 0 Å². The molecule has 5 nitrogen and oxygen atoms in total. The third kappa shape index (κ3) is 1.92. The predicted octanol–water partition coefficient (Wildman–Crippen LogP) is 0.170. The number of rotatable bonds is 2. The Labute approximate surface area is 88.3 Å². The summed E-state index contributed by atoms with van der Waals surface area (Å²) in [6.45, 7) is 2.46.